The van der Waals surface area contributed by atoms with E-state index in [9.17, 15) is 18.3 Å². The standard InChI is InChI=1S/C26H23F3N8O2/c1-25(38,17-8-6-15(7-9-17)22-34-18(12-36(22)2)26(27,28)29)37-23-16(11-33-37)10-30-21(35-23)19-20(14-4-5-14)31-13-32-24(19)39-3/h6-14,38H,4-5H2,1-3H3. The Morgan fingerprint density at radius 3 is 2.41 bits per heavy atom. The molecule has 0 amide bonds. The minimum absolute atomic E-state index is 0.154. The van der Waals surface area contributed by atoms with E-state index in [2.05, 4.69) is 25.0 Å². The number of alkyl halides is 3. The number of hydrogen-bond donors (Lipinski definition) is 1. The Labute approximate surface area is 220 Å². The molecular formula is C26H23F3N8O2. The van der Waals surface area contributed by atoms with Crippen molar-refractivity contribution in [3.63, 3.8) is 0 Å². The van der Waals surface area contributed by atoms with Crippen molar-refractivity contribution in [2.75, 3.05) is 7.11 Å². The van der Waals surface area contributed by atoms with Crippen LogP contribution in [0.15, 0.2) is 49.2 Å². The van der Waals surface area contributed by atoms with E-state index in [1.54, 1.807) is 43.6 Å². The second kappa shape index (κ2) is 8.83. The number of hydrogen-bond acceptors (Lipinski definition) is 8. The Morgan fingerprint density at radius 2 is 1.77 bits per heavy atom. The zero-order valence-corrected chi connectivity index (χ0v) is 21.2. The van der Waals surface area contributed by atoms with Gasteiger partial charge in [0.05, 0.1) is 24.4 Å². The van der Waals surface area contributed by atoms with Crippen LogP contribution in [0.1, 0.15) is 42.6 Å². The number of imidazole rings is 1. The lowest BCUT2D eigenvalue weighted by Gasteiger charge is -2.25. The SMILES string of the molecule is COc1ncnc(C2CC2)c1-c1ncc2cnn(C(C)(O)c3ccc(-c4nc(C(F)(F)F)cn4C)cc3)c2n1. The first kappa shape index (κ1) is 24.9. The van der Waals surface area contributed by atoms with E-state index in [1.165, 1.54) is 29.7 Å². The number of methoxy groups -OCH3 is 1. The summed E-state index contributed by atoms with van der Waals surface area (Å²) in [5, 5.41) is 16.6. The summed E-state index contributed by atoms with van der Waals surface area (Å²) in [4.78, 5) is 21.6. The molecule has 39 heavy (non-hydrogen) atoms. The average Bonchev–Trinajstić information content (AvgIpc) is 3.55. The highest BCUT2D eigenvalue weighted by Crippen LogP contribution is 2.45. The fourth-order valence-electron chi connectivity index (χ4n) is 4.60. The van der Waals surface area contributed by atoms with Crippen LogP contribution < -0.4 is 4.74 Å². The predicted molar refractivity (Wildman–Crippen MR) is 133 cm³/mol. The van der Waals surface area contributed by atoms with Gasteiger partial charge in [0.25, 0.3) is 0 Å². The van der Waals surface area contributed by atoms with Crippen molar-refractivity contribution >= 4 is 11.0 Å². The molecule has 1 unspecified atom stereocenters. The third kappa shape index (κ3) is 4.28. The lowest BCUT2D eigenvalue weighted by molar-refractivity contribution is -0.140. The quantitative estimate of drug-likeness (QED) is 0.342. The third-order valence-electron chi connectivity index (χ3n) is 6.80. The second-order valence-corrected chi connectivity index (χ2v) is 9.60. The topological polar surface area (TPSA) is 117 Å². The summed E-state index contributed by atoms with van der Waals surface area (Å²) in [7, 11) is 3.02. The molecule has 1 N–H and O–H groups in total. The molecule has 5 aromatic rings. The molecule has 1 fully saturated rings. The van der Waals surface area contributed by atoms with Crippen molar-refractivity contribution in [2.45, 2.75) is 37.6 Å². The number of benzene rings is 1. The van der Waals surface area contributed by atoms with Crippen molar-refractivity contribution in [1.29, 1.82) is 0 Å². The Balaban J connectivity index is 1.39. The van der Waals surface area contributed by atoms with Gasteiger partial charge < -0.3 is 14.4 Å². The number of rotatable bonds is 6. The minimum Gasteiger partial charge on any atom is -0.480 e. The fraction of sp³-hybridized carbons (Fsp3) is 0.308. The van der Waals surface area contributed by atoms with Gasteiger partial charge in [-0.25, -0.2) is 29.6 Å². The number of aliphatic hydroxyl groups is 1. The number of nitrogens with zero attached hydrogens (tertiary/aromatic N) is 8. The minimum atomic E-state index is -4.54. The molecule has 13 heteroatoms. The molecular weight excluding hydrogens is 513 g/mol. The van der Waals surface area contributed by atoms with Crippen molar-refractivity contribution in [3.05, 3.63) is 66.1 Å². The summed E-state index contributed by atoms with van der Waals surface area (Å²) < 4.78 is 47.5. The van der Waals surface area contributed by atoms with Gasteiger partial charge in [0.1, 0.15) is 17.7 Å². The van der Waals surface area contributed by atoms with Gasteiger partial charge in [0, 0.05) is 36.5 Å². The Hall–Kier alpha value is -4.39. The summed E-state index contributed by atoms with van der Waals surface area (Å²) in [5.41, 5.74) is 0.0844. The molecule has 4 aromatic heterocycles. The number of ether oxygens (including phenoxy) is 1. The summed E-state index contributed by atoms with van der Waals surface area (Å²) in [6.45, 7) is 1.56. The molecule has 4 heterocycles. The lowest BCUT2D eigenvalue weighted by Crippen LogP contribution is -2.32. The van der Waals surface area contributed by atoms with E-state index in [0.717, 1.165) is 24.7 Å². The van der Waals surface area contributed by atoms with Crippen molar-refractivity contribution in [1.82, 2.24) is 39.3 Å². The van der Waals surface area contributed by atoms with Gasteiger partial charge in [-0.2, -0.15) is 18.3 Å². The normalized spacial score (nSPS) is 15.5. The molecule has 1 saturated carbocycles. The van der Waals surface area contributed by atoms with E-state index in [-0.39, 0.29) is 11.7 Å². The van der Waals surface area contributed by atoms with Crippen molar-refractivity contribution in [2.24, 2.45) is 7.05 Å². The monoisotopic (exact) mass is 536 g/mol. The molecule has 10 nitrogen and oxygen atoms in total. The van der Waals surface area contributed by atoms with Crippen molar-refractivity contribution in [3.8, 4) is 28.7 Å². The first-order chi connectivity index (χ1) is 18.6. The highest BCUT2D eigenvalue weighted by atomic mass is 19.4. The zero-order chi connectivity index (χ0) is 27.5. The van der Waals surface area contributed by atoms with E-state index >= 15 is 0 Å². The maximum atomic E-state index is 13.1. The number of halogens is 3. The predicted octanol–water partition coefficient (Wildman–Crippen LogP) is 4.30. The Morgan fingerprint density at radius 1 is 1.03 bits per heavy atom. The van der Waals surface area contributed by atoms with E-state index in [4.69, 9.17) is 9.72 Å². The van der Waals surface area contributed by atoms with Gasteiger partial charge in [0.15, 0.2) is 22.9 Å². The second-order valence-electron chi connectivity index (χ2n) is 9.60. The molecule has 1 aromatic carbocycles. The van der Waals surface area contributed by atoms with Gasteiger partial charge in [-0.05, 0) is 19.8 Å². The lowest BCUT2D eigenvalue weighted by atomic mass is 10.0. The van der Waals surface area contributed by atoms with Crippen LogP contribution in [-0.2, 0) is 18.9 Å². The molecule has 0 bridgehead atoms. The molecule has 0 aliphatic heterocycles. The van der Waals surface area contributed by atoms with Crippen molar-refractivity contribution < 1.29 is 23.0 Å². The van der Waals surface area contributed by atoms with Gasteiger partial charge in [-0.3, -0.25) is 0 Å². The zero-order valence-electron chi connectivity index (χ0n) is 21.2. The van der Waals surface area contributed by atoms with Gasteiger partial charge in [-0.15, -0.1) is 0 Å². The Bertz CT molecular complexity index is 1690. The molecule has 0 spiro atoms. The molecule has 6 rings (SSSR count). The highest BCUT2D eigenvalue weighted by molar-refractivity contribution is 5.78. The number of fused-ring (bicyclic) bond motifs is 1. The van der Waals surface area contributed by atoms with E-state index in [0.29, 0.717) is 39.4 Å². The smallest absolute Gasteiger partial charge is 0.434 e. The average molecular weight is 537 g/mol. The van der Waals surface area contributed by atoms with Crippen LogP contribution in [0.3, 0.4) is 0 Å². The summed E-state index contributed by atoms with van der Waals surface area (Å²) in [5.74, 6) is 1.15. The largest absolute Gasteiger partial charge is 0.480 e. The summed E-state index contributed by atoms with van der Waals surface area (Å²) >= 11 is 0. The van der Waals surface area contributed by atoms with Gasteiger partial charge >= 0.3 is 6.18 Å². The first-order valence-corrected chi connectivity index (χ1v) is 12.1. The fourth-order valence-corrected chi connectivity index (χ4v) is 4.60. The molecule has 1 aliphatic carbocycles. The van der Waals surface area contributed by atoms with Gasteiger partial charge in [-0.1, -0.05) is 24.3 Å². The summed E-state index contributed by atoms with van der Waals surface area (Å²) in [6, 6.07) is 6.44. The maximum Gasteiger partial charge on any atom is 0.434 e. The van der Waals surface area contributed by atoms with Crippen LogP contribution in [0, 0.1) is 0 Å². The van der Waals surface area contributed by atoms with E-state index in [1.807, 2.05) is 0 Å². The van der Waals surface area contributed by atoms with E-state index < -0.39 is 17.6 Å². The van der Waals surface area contributed by atoms with Crippen LogP contribution in [0.5, 0.6) is 5.88 Å². The highest BCUT2D eigenvalue weighted by Gasteiger charge is 2.35. The Kier molecular flexibility index (Phi) is 5.64. The maximum absolute atomic E-state index is 13.1. The third-order valence-corrected chi connectivity index (χ3v) is 6.80. The van der Waals surface area contributed by atoms with Crippen LogP contribution in [0.4, 0.5) is 13.2 Å². The van der Waals surface area contributed by atoms with Crippen LogP contribution in [0.25, 0.3) is 33.8 Å². The molecule has 1 aliphatic rings. The molecule has 1 atom stereocenters. The summed E-state index contributed by atoms with van der Waals surface area (Å²) in [6.07, 6.45) is 3.03. The molecule has 0 saturated heterocycles. The van der Waals surface area contributed by atoms with Crippen LogP contribution in [0.2, 0.25) is 0 Å². The van der Waals surface area contributed by atoms with Crippen LogP contribution >= 0.6 is 0 Å². The number of aryl methyl sites for hydroxylation is 1. The first-order valence-electron chi connectivity index (χ1n) is 12.1. The molecule has 0 radical (unpaired) electrons. The van der Waals surface area contributed by atoms with Gasteiger partial charge in [0.2, 0.25) is 5.88 Å². The number of aromatic nitrogens is 8. The van der Waals surface area contributed by atoms with Crippen LogP contribution in [-0.4, -0.2) is 51.5 Å². The molecule has 200 valence electrons.